The molecule has 2 rings (SSSR count). The van der Waals surface area contributed by atoms with Gasteiger partial charge in [0.15, 0.2) is 6.61 Å². The molecule has 1 aromatic heterocycles. The van der Waals surface area contributed by atoms with Gasteiger partial charge < -0.3 is 15.8 Å². The van der Waals surface area contributed by atoms with Crippen LogP contribution in [0, 0.1) is 13.8 Å². The van der Waals surface area contributed by atoms with Crippen LogP contribution in [0.4, 0.5) is 11.4 Å². The highest BCUT2D eigenvalue weighted by atomic mass is 16.5. The van der Waals surface area contributed by atoms with Crippen LogP contribution in [0.1, 0.15) is 11.4 Å². The molecule has 0 spiro atoms. The number of nitrogens with one attached hydrogen (secondary N) is 2. The van der Waals surface area contributed by atoms with Crippen molar-refractivity contribution in [1.82, 2.24) is 10.2 Å². The quantitative estimate of drug-likeness (QED) is 0.728. The molecule has 1 heterocycles. The summed E-state index contributed by atoms with van der Waals surface area (Å²) in [5.41, 5.74) is 8.48. The Hall–Kier alpha value is -2.50. The van der Waals surface area contributed by atoms with Crippen molar-refractivity contribution in [1.29, 1.82) is 0 Å². The fourth-order valence-corrected chi connectivity index (χ4v) is 1.62. The van der Waals surface area contributed by atoms with E-state index in [0.29, 0.717) is 17.1 Å². The lowest BCUT2D eigenvalue weighted by Crippen LogP contribution is -2.20. The minimum absolute atomic E-state index is 0.0615. The van der Waals surface area contributed by atoms with E-state index in [9.17, 15) is 4.79 Å². The van der Waals surface area contributed by atoms with Gasteiger partial charge in [0.05, 0.1) is 17.1 Å². The lowest BCUT2D eigenvalue weighted by atomic mass is 10.3. The summed E-state index contributed by atoms with van der Waals surface area (Å²) < 4.78 is 5.35. The molecule has 0 radical (unpaired) electrons. The molecule has 0 unspecified atom stereocenters. The Morgan fingerprint density at radius 1 is 1.37 bits per heavy atom. The van der Waals surface area contributed by atoms with E-state index >= 15 is 0 Å². The fraction of sp³-hybridized carbons (Fsp3) is 0.231. The summed E-state index contributed by atoms with van der Waals surface area (Å²) in [6.07, 6.45) is 0. The Kier molecular flexibility index (Phi) is 3.70. The third-order valence-electron chi connectivity index (χ3n) is 2.64. The monoisotopic (exact) mass is 260 g/mol. The van der Waals surface area contributed by atoms with E-state index in [0.717, 1.165) is 11.4 Å². The summed E-state index contributed by atoms with van der Waals surface area (Å²) in [7, 11) is 0. The number of H-pyrrole nitrogens is 1. The van der Waals surface area contributed by atoms with Crippen LogP contribution < -0.4 is 15.8 Å². The molecule has 0 saturated heterocycles. The number of hydrogen-bond acceptors (Lipinski definition) is 4. The second-order valence-electron chi connectivity index (χ2n) is 4.21. The number of amides is 1. The van der Waals surface area contributed by atoms with Gasteiger partial charge in [-0.2, -0.15) is 5.10 Å². The molecule has 6 nitrogen and oxygen atoms in total. The van der Waals surface area contributed by atoms with Crippen molar-refractivity contribution < 1.29 is 9.53 Å². The Morgan fingerprint density at radius 2 is 2.05 bits per heavy atom. The molecule has 0 atom stereocenters. The van der Waals surface area contributed by atoms with Gasteiger partial charge in [-0.15, -0.1) is 0 Å². The molecule has 6 heteroatoms. The molecule has 1 amide bonds. The first kappa shape index (κ1) is 12.9. The second-order valence-corrected chi connectivity index (χ2v) is 4.21. The maximum absolute atomic E-state index is 11.8. The molecule has 0 aliphatic heterocycles. The van der Waals surface area contributed by atoms with Gasteiger partial charge in [-0.1, -0.05) is 0 Å². The number of nitrogens with zero attached hydrogens (tertiary/aromatic N) is 1. The van der Waals surface area contributed by atoms with Crippen LogP contribution in [0.3, 0.4) is 0 Å². The number of aromatic amines is 1. The molecule has 4 N–H and O–H groups in total. The number of aromatic nitrogens is 2. The predicted molar refractivity (Wildman–Crippen MR) is 73.0 cm³/mol. The van der Waals surface area contributed by atoms with Crippen LogP contribution in [0.5, 0.6) is 5.75 Å². The maximum Gasteiger partial charge on any atom is 0.262 e. The number of ether oxygens (including phenoxy) is 1. The lowest BCUT2D eigenvalue weighted by Gasteiger charge is -2.07. The number of nitrogen functional groups attached to an aromatic ring is 1. The largest absolute Gasteiger partial charge is 0.484 e. The van der Waals surface area contributed by atoms with Crippen molar-refractivity contribution in [3.63, 3.8) is 0 Å². The molecule has 1 aromatic carbocycles. The zero-order chi connectivity index (χ0) is 13.8. The number of rotatable bonds is 4. The topological polar surface area (TPSA) is 93.0 Å². The molecule has 0 bridgehead atoms. The van der Waals surface area contributed by atoms with E-state index < -0.39 is 0 Å². The van der Waals surface area contributed by atoms with Crippen molar-refractivity contribution in [2.45, 2.75) is 13.8 Å². The molecule has 0 fully saturated rings. The van der Waals surface area contributed by atoms with E-state index in [2.05, 4.69) is 15.5 Å². The summed E-state index contributed by atoms with van der Waals surface area (Å²) >= 11 is 0. The Labute approximate surface area is 111 Å². The zero-order valence-corrected chi connectivity index (χ0v) is 10.9. The van der Waals surface area contributed by atoms with Crippen molar-refractivity contribution in [2.24, 2.45) is 0 Å². The molecular formula is C13H16N4O2. The van der Waals surface area contributed by atoms with Gasteiger partial charge >= 0.3 is 0 Å². The number of anilines is 2. The van der Waals surface area contributed by atoms with Gasteiger partial charge in [0.25, 0.3) is 5.91 Å². The molecule has 100 valence electrons. The number of carbonyl (C=O) groups is 1. The first-order valence-electron chi connectivity index (χ1n) is 5.86. The van der Waals surface area contributed by atoms with E-state index in [1.807, 2.05) is 13.8 Å². The number of aryl methyl sites for hydroxylation is 2. The summed E-state index contributed by atoms with van der Waals surface area (Å²) in [6.45, 7) is 3.60. The highest BCUT2D eigenvalue weighted by Gasteiger charge is 2.10. The van der Waals surface area contributed by atoms with Gasteiger partial charge in [-0.05, 0) is 38.1 Å². The Bertz CT molecular complexity index is 555. The van der Waals surface area contributed by atoms with Crippen LogP contribution in [-0.2, 0) is 4.79 Å². The maximum atomic E-state index is 11.8. The summed E-state index contributed by atoms with van der Waals surface area (Å²) in [6, 6.07) is 6.88. The van der Waals surface area contributed by atoms with E-state index in [-0.39, 0.29) is 12.5 Å². The van der Waals surface area contributed by atoms with E-state index in [1.165, 1.54) is 0 Å². The molecule has 0 saturated carbocycles. The average molecular weight is 260 g/mol. The third-order valence-corrected chi connectivity index (χ3v) is 2.64. The number of benzene rings is 1. The summed E-state index contributed by atoms with van der Waals surface area (Å²) in [4.78, 5) is 11.8. The van der Waals surface area contributed by atoms with Crippen molar-refractivity contribution in [2.75, 3.05) is 17.7 Å². The van der Waals surface area contributed by atoms with E-state index in [1.54, 1.807) is 24.3 Å². The summed E-state index contributed by atoms with van der Waals surface area (Å²) in [5.74, 6) is 0.370. The second kappa shape index (κ2) is 5.43. The van der Waals surface area contributed by atoms with Gasteiger partial charge in [0, 0.05) is 5.69 Å². The zero-order valence-electron chi connectivity index (χ0n) is 10.9. The molecule has 19 heavy (non-hydrogen) atoms. The fourth-order valence-electron chi connectivity index (χ4n) is 1.62. The lowest BCUT2D eigenvalue weighted by molar-refractivity contribution is -0.118. The van der Waals surface area contributed by atoms with Gasteiger partial charge in [-0.25, -0.2) is 0 Å². The highest BCUT2D eigenvalue weighted by Crippen LogP contribution is 2.16. The first-order valence-corrected chi connectivity index (χ1v) is 5.86. The van der Waals surface area contributed by atoms with Crippen LogP contribution in [-0.4, -0.2) is 22.7 Å². The highest BCUT2D eigenvalue weighted by molar-refractivity contribution is 5.92. The minimum atomic E-state index is -0.232. The first-order chi connectivity index (χ1) is 9.06. The number of nitrogens with two attached hydrogens (primary N) is 1. The number of hydrogen-bond donors (Lipinski definition) is 3. The predicted octanol–water partition coefficient (Wildman–Crippen LogP) is 1.63. The van der Waals surface area contributed by atoms with Crippen LogP contribution in [0.15, 0.2) is 24.3 Å². The normalized spacial score (nSPS) is 10.2. The van der Waals surface area contributed by atoms with Gasteiger partial charge in [0.2, 0.25) is 0 Å². The van der Waals surface area contributed by atoms with Crippen molar-refractivity contribution in [3.05, 3.63) is 35.7 Å². The van der Waals surface area contributed by atoms with E-state index in [4.69, 9.17) is 10.5 Å². The van der Waals surface area contributed by atoms with Crippen molar-refractivity contribution >= 4 is 17.3 Å². The SMILES string of the molecule is Cc1n[nH]c(C)c1NC(=O)COc1ccc(N)cc1. The van der Waals surface area contributed by atoms with Crippen LogP contribution in [0.25, 0.3) is 0 Å². The van der Waals surface area contributed by atoms with Crippen LogP contribution >= 0.6 is 0 Å². The number of carbonyl (C=O) groups excluding carboxylic acids is 1. The molecule has 2 aromatic rings. The molecule has 0 aliphatic rings. The molecule has 0 aliphatic carbocycles. The Morgan fingerprint density at radius 3 is 2.63 bits per heavy atom. The average Bonchev–Trinajstić information content (AvgIpc) is 2.70. The smallest absolute Gasteiger partial charge is 0.262 e. The van der Waals surface area contributed by atoms with Crippen molar-refractivity contribution in [3.8, 4) is 5.75 Å². The van der Waals surface area contributed by atoms with Gasteiger partial charge in [0.1, 0.15) is 5.75 Å². The third kappa shape index (κ3) is 3.25. The van der Waals surface area contributed by atoms with Gasteiger partial charge in [-0.3, -0.25) is 9.89 Å². The molecular weight excluding hydrogens is 244 g/mol. The van der Waals surface area contributed by atoms with Crippen LogP contribution in [0.2, 0.25) is 0 Å². The minimum Gasteiger partial charge on any atom is -0.484 e. The Balaban J connectivity index is 1.90. The standard InChI is InChI=1S/C13H16N4O2/c1-8-13(9(2)17-16-8)15-12(18)7-19-11-5-3-10(14)4-6-11/h3-6H,7,14H2,1-2H3,(H,15,18)(H,16,17). The summed E-state index contributed by atoms with van der Waals surface area (Å²) in [5, 5.41) is 9.56.